The molecule has 0 unspecified atom stereocenters. The van der Waals surface area contributed by atoms with Crippen LogP contribution in [0.2, 0.25) is 5.28 Å². The molecule has 0 aliphatic rings. The second kappa shape index (κ2) is 22.4. The summed E-state index contributed by atoms with van der Waals surface area (Å²) in [6.45, 7) is 1.30. The van der Waals surface area contributed by atoms with E-state index in [4.69, 9.17) is 21.6 Å². The van der Waals surface area contributed by atoms with E-state index < -0.39 is 119 Å². The number of nitrogens with one attached hydrogen (secondary N) is 3. The third kappa shape index (κ3) is 14.6. The van der Waals surface area contributed by atoms with Crippen LogP contribution in [-0.2, 0) is 51.2 Å². The van der Waals surface area contributed by atoms with Gasteiger partial charge in [-0.25, -0.2) is 21.0 Å². The van der Waals surface area contributed by atoms with Gasteiger partial charge in [0, 0.05) is 12.2 Å². The van der Waals surface area contributed by atoms with E-state index in [2.05, 4.69) is 40.0 Å². The van der Waals surface area contributed by atoms with Gasteiger partial charge in [0.25, 0.3) is 15.7 Å². The summed E-state index contributed by atoms with van der Waals surface area (Å²) in [7, 11) is -19.9. The number of halogens is 1. The number of azo groups is 1. The van der Waals surface area contributed by atoms with E-state index in [0.717, 1.165) is 19.1 Å². The molecule has 24 nitrogen and oxygen atoms in total. The number of rotatable bonds is 15. The van der Waals surface area contributed by atoms with Gasteiger partial charge in [-0.1, -0.05) is 0 Å². The van der Waals surface area contributed by atoms with Crippen LogP contribution in [0.1, 0.15) is 18.1 Å². The maximum absolute atomic E-state index is 13.0. The van der Waals surface area contributed by atoms with Crippen LogP contribution < -0.4 is 181 Å². The Bertz CT molecular complexity index is 2760. The Morgan fingerprint density at radius 2 is 1.50 bits per heavy atom. The zero-order chi connectivity index (χ0) is 41.3. The van der Waals surface area contributed by atoms with E-state index in [-0.39, 0.29) is 183 Å². The molecule has 32 heteroatoms. The Balaban J connectivity index is 0.00000561. The van der Waals surface area contributed by atoms with Crippen molar-refractivity contribution in [1.82, 2.24) is 19.5 Å². The quantitative estimate of drug-likeness (QED) is 0.0243. The first-order valence-electron chi connectivity index (χ1n) is 14.5. The summed E-state index contributed by atoms with van der Waals surface area (Å²) in [4.78, 5) is 21.6. The summed E-state index contributed by atoms with van der Waals surface area (Å²) >= 11 is 6.00. The summed E-state index contributed by atoms with van der Waals surface area (Å²) in [6, 6.07) is 5.43. The van der Waals surface area contributed by atoms with Crippen molar-refractivity contribution >= 4 is 92.6 Å². The van der Waals surface area contributed by atoms with Gasteiger partial charge in [0.05, 0.1) is 27.8 Å². The molecule has 0 saturated heterocycles. The van der Waals surface area contributed by atoms with E-state index in [0.29, 0.717) is 10.6 Å². The second-order valence-corrected chi connectivity index (χ2v) is 16.8. The number of benzene rings is 2. The number of aromatic nitrogens is 4. The number of pyridine rings is 1. The number of nitrogens with zero attached hydrogens (tertiary/aromatic N) is 6. The van der Waals surface area contributed by atoms with Crippen molar-refractivity contribution < 1.29 is 216 Å². The van der Waals surface area contributed by atoms with Crippen LogP contribution >= 0.6 is 11.6 Å². The van der Waals surface area contributed by atoms with Gasteiger partial charge in [-0.3, -0.25) is 13.9 Å². The molecule has 5 N–H and O–H groups in total. The van der Waals surface area contributed by atoms with Crippen molar-refractivity contribution in [2.75, 3.05) is 23.0 Å². The molecule has 2 aromatic carbocycles. The van der Waals surface area contributed by atoms with E-state index >= 15 is 0 Å². The van der Waals surface area contributed by atoms with Crippen molar-refractivity contribution in [3.63, 3.8) is 0 Å². The van der Waals surface area contributed by atoms with Gasteiger partial charge in [0.15, 0.2) is 15.5 Å². The standard InChI is InChI=1S/C26H26ClN9O15S4.3K/c1-3-36-22(38)19(21(28)37)12(2)20(23(36)39)35-34-16-10-15(17(53(42,43)44)11-18(16)54(45,46)47)30-26-32-24(27)31-25(33-26)29-13-4-6-14(7-5-13)52(40,41)9-8-51-55(48,49)50;;;/h4-7,10-11,38H,3,8-9H2,1-2H3,(H2,28,37)(H,42,43,44)(H,45,46,47)(H,48,49,50)(H2,29,30,31,32,33);;;/q;3*+1/p-3. The molecule has 58 heavy (non-hydrogen) atoms. The van der Waals surface area contributed by atoms with Crippen molar-refractivity contribution in [1.29, 1.82) is 5.41 Å². The average Bonchev–Trinajstić information content (AvgIpc) is 3.03. The molecule has 296 valence electrons. The topological polar surface area (TPSA) is 389 Å². The fourth-order valence-corrected chi connectivity index (χ4v) is 7.53. The predicted molar refractivity (Wildman–Crippen MR) is 183 cm³/mol. The Hall–Kier alpha value is -0.291. The molecule has 0 fully saturated rings. The zero-order valence-electron chi connectivity index (χ0n) is 30.5. The van der Waals surface area contributed by atoms with E-state index in [1.165, 1.54) is 19.1 Å². The Morgan fingerprint density at radius 1 is 0.931 bits per heavy atom. The van der Waals surface area contributed by atoms with Crippen LogP contribution in [0.5, 0.6) is 5.88 Å². The molecule has 0 amide bonds. The van der Waals surface area contributed by atoms with Crippen LogP contribution in [0.15, 0.2) is 66.1 Å². The largest absolute Gasteiger partial charge is 1.00 e. The van der Waals surface area contributed by atoms with Crippen LogP contribution in [0, 0.1) is 12.3 Å². The molecule has 2 heterocycles. The minimum Gasteiger partial charge on any atom is -0.860 e. The Kier molecular flexibility index (Phi) is 21.5. The second-order valence-electron chi connectivity index (χ2n) is 10.6. The molecule has 0 atom stereocenters. The van der Waals surface area contributed by atoms with Gasteiger partial charge in [0.2, 0.25) is 17.2 Å². The third-order valence-electron chi connectivity index (χ3n) is 6.95. The molecular formula is C26H23ClK3N9O15S4. The van der Waals surface area contributed by atoms with Gasteiger partial charge in [-0.2, -0.15) is 31.8 Å². The monoisotopic (exact) mass is 981 g/mol. The third-order valence-corrected chi connectivity index (χ3v) is 11.0. The van der Waals surface area contributed by atoms with E-state index in [1.54, 1.807) is 0 Å². The van der Waals surface area contributed by atoms with Gasteiger partial charge in [-0.05, 0) is 84.8 Å². The molecule has 4 rings (SSSR count). The normalized spacial score (nSPS) is 11.9. The van der Waals surface area contributed by atoms with Gasteiger partial charge < -0.3 is 35.4 Å². The minimum absolute atomic E-state index is 0. The fourth-order valence-electron chi connectivity index (χ4n) is 4.53. The van der Waals surface area contributed by atoms with Crippen LogP contribution in [-0.4, -0.2) is 85.1 Å². The number of hydrogen-bond acceptors (Lipinski definition) is 21. The smallest absolute Gasteiger partial charge is 0.860 e. The van der Waals surface area contributed by atoms with Crippen LogP contribution in [0.4, 0.5) is 34.6 Å². The van der Waals surface area contributed by atoms with Crippen molar-refractivity contribution in [3.8, 4) is 5.88 Å². The first-order chi connectivity index (χ1) is 25.3. The summed E-state index contributed by atoms with van der Waals surface area (Å²) in [5.74, 6) is -4.36. The van der Waals surface area contributed by atoms with Crippen LogP contribution in [0.3, 0.4) is 0 Å². The van der Waals surface area contributed by atoms with Gasteiger partial charge in [-0.15, -0.1) is 10.2 Å². The summed E-state index contributed by atoms with van der Waals surface area (Å²) in [5.41, 5.74) is -4.52. The SMILES string of the molecule is CCn1c([O-])c(C(=N)[O-])c(C)c(N=Nc2cc(Nc3nc(Cl)nc(Nc4ccc(S(=O)(=O)CCOS(=O)(=O)O)cc4)n3)c(S(=O)(=O)[O-])cc2S(=O)(=O)O)c1=O.[K+].[K+].[K+]. The van der Waals surface area contributed by atoms with Crippen molar-refractivity contribution in [2.24, 2.45) is 10.2 Å². The summed E-state index contributed by atoms with van der Waals surface area (Å²) in [5, 5.41) is 43.5. The maximum Gasteiger partial charge on any atom is 1.00 e. The summed E-state index contributed by atoms with van der Waals surface area (Å²) < 4.78 is 131. The molecular weight excluding hydrogens is 959 g/mol. The molecule has 2 aromatic heterocycles. The van der Waals surface area contributed by atoms with Gasteiger partial charge in [0.1, 0.15) is 20.7 Å². The molecule has 0 spiro atoms. The van der Waals surface area contributed by atoms with E-state index in [9.17, 15) is 57.8 Å². The van der Waals surface area contributed by atoms with Crippen molar-refractivity contribution in [2.45, 2.75) is 35.1 Å². The van der Waals surface area contributed by atoms with Gasteiger partial charge >= 0.3 is 165 Å². The molecule has 0 saturated carbocycles. The van der Waals surface area contributed by atoms with E-state index in [1.807, 2.05) is 0 Å². The molecule has 0 radical (unpaired) electrons. The molecule has 0 aliphatic heterocycles. The predicted octanol–water partition coefficient (Wildman–Crippen LogP) is -8.57. The van der Waals surface area contributed by atoms with Crippen molar-refractivity contribution in [3.05, 3.63) is 63.2 Å². The number of sulfone groups is 1. The summed E-state index contributed by atoms with van der Waals surface area (Å²) in [6.07, 6.45) is 0. The first kappa shape index (κ1) is 55.7. The molecule has 0 aliphatic carbocycles. The fraction of sp³-hybridized carbons (Fsp3) is 0.192. The van der Waals surface area contributed by atoms with Crippen LogP contribution in [0.25, 0.3) is 0 Å². The number of anilines is 4. The maximum atomic E-state index is 13.0. The average molecular weight is 983 g/mol. The zero-order valence-corrected chi connectivity index (χ0v) is 43.9. The molecule has 4 aromatic rings. The Morgan fingerprint density at radius 3 is 2.00 bits per heavy atom. The first-order valence-corrected chi connectivity index (χ1v) is 20.7. The minimum atomic E-state index is -5.59. The Labute approximate surface area is 462 Å². The molecule has 0 bridgehead atoms. The number of hydrogen-bond donors (Lipinski definition) is 5.